The first kappa shape index (κ1) is 14.5. The van der Waals surface area contributed by atoms with Gasteiger partial charge in [0.15, 0.2) is 0 Å². The van der Waals surface area contributed by atoms with Crippen molar-refractivity contribution in [3.63, 3.8) is 0 Å². The molecule has 2 aromatic heterocycles. The van der Waals surface area contributed by atoms with Crippen molar-refractivity contribution in [1.82, 2.24) is 10.3 Å². The van der Waals surface area contributed by atoms with Crippen LogP contribution in [0.15, 0.2) is 6.07 Å². The standard InChI is InChI=1S/C16H20N2O2S/c1-9-7-10(2)18-16-13(9)11(3)14(21-16)15(19)17-8-12-5-4-6-20-12/h7,12H,4-6,8H2,1-3H3,(H,17,19)/t12-/m0/s1. The number of nitrogens with one attached hydrogen (secondary N) is 1. The molecule has 21 heavy (non-hydrogen) atoms. The third-order valence-electron chi connectivity index (χ3n) is 3.95. The highest BCUT2D eigenvalue weighted by atomic mass is 32.1. The van der Waals surface area contributed by atoms with E-state index in [2.05, 4.69) is 23.3 Å². The van der Waals surface area contributed by atoms with Crippen molar-refractivity contribution in [3.8, 4) is 0 Å². The van der Waals surface area contributed by atoms with Crippen molar-refractivity contribution in [2.24, 2.45) is 0 Å². The summed E-state index contributed by atoms with van der Waals surface area (Å²) >= 11 is 1.48. The van der Waals surface area contributed by atoms with Gasteiger partial charge < -0.3 is 10.1 Å². The van der Waals surface area contributed by atoms with E-state index < -0.39 is 0 Å². The number of rotatable bonds is 3. The van der Waals surface area contributed by atoms with Gasteiger partial charge in [-0.3, -0.25) is 4.79 Å². The highest BCUT2D eigenvalue weighted by Crippen LogP contribution is 2.32. The molecule has 0 aromatic carbocycles. The molecule has 3 heterocycles. The lowest BCUT2D eigenvalue weighted by atomic mass is 10.1. The summed E-state index contributed by atoms with van der Waals surface area (Å²) in [5, 5.41) is 4.11. The summed E-state index contributed by atoms with van der Waals surface area (Å²) < 4.78 is 5.54. The van der Waals surface area contributed by atoms with Gasteiger partial charge in [-0.1, -0.05) is 0 Å². The number of nitrogens with zero attached hydrogens (tertiary/aromatic N) is 1. The second kappa shape index (κ2) is 5.73. The minimum absolute atomic E-state index is 0.0111. The first-order valence-electron chi connectivity index (χ1n) is 7.33. The molecule has 1 aliphatic heterocycles. The van der Waals surface area contributed by atoms with Gasteiger partial charge in [-0.15, -0.1) is 11.3 Å². The van der Waals surface area contributed by atoms with Gasteiger partial charge in [0.1, 0.15) is 4.83 Å². The Kier molecular flexibility index (Phi) is 3.95. The van der Waals surface area contributed by atoms with E-state index in [1.165, 1.54) is 16.9 Å². The van der Waals surface area contributed by atoms with Gasteiger partial charge in [0.05, 0.1) is 11.0 Å². The summed E-state index contributed by atoms with van der Waals surface area (Å²) in [7, 11) is 0. The van der Waals surface area contributed by atoms with Crippen LogP contribution >= 0.6 is 11.3 Å². The number of hydrogen-bond acceptors (Lipinski definition) is 4. The normalized spacial score (nSPS) is 18.3. The van der Waals surface area contributed by atoms with Crippen LogP contribution in [0, 0.1) is 20.8 Å². The zero-order valence-electron chi connectivity index (χ0n) is 12.7. The van der Waals surface area contributed by atoms with E-state index in [4.69, 9.17) is 4.74 Å². The predicted molar refractivity (Wildman–Crippen MR) is 85.1 cm³/mol. The summed E-state index contributed by atoms with van der Waals surface area (Å²) in [4.78, 5) is 18.7. The number of hydrogen-bond donors (Lipinski definition) is 1. The molecule has 0 unspecified atom stereocenters. The molecule has 4 nitrogen and oxygen atoms in total. The fraction of sp³-hybridized carbons (Fsp3) is 0.500. The van der Waals surface area contributed by atoms with Crippen molar-refractivity contribution >= 4 is 27.5 Å². The SMILES string of the molecule is Cc1cc(C)c2c(C)c(C(=O)NC[C@@H]3CCCO3)sc2n1. The molecule has 1 aliphatic rings. The molecule has 0 bridgehead atoms. The predicted octanol–water partition coefficient (Wildman–Crippen LogP) is 3.13. The molecule has 1 N–H and O–H groups in total. The molecule has 0 saturated carbocycles. The maximum absolute atomic E-state index is 12.4. The van der Waals surface area contributed by atoms with Crippen LogP contribution in [0.4, 0.5) is 0 Å². The summed E-state index contributed by atoms with van der Waals surface area (Å²) in [6.07, 6.45) is 2.29. The van der Waals surface area contributed by atoms with E-state index in [-0.39, 0.29) is 12.0 Å². The Morgan fingerprint density at radius 1 is 1.48 bits per heavy atom. The largest absolute Gasteiger partial charge is 0.376 e. The molecular weight excluding hydrogens is 284 g/mol. The average Bonchev–Trinajstić information content (AvgIpc) is 3.04. The number of aromatic nitrogens is 1. The average molecular weight is 304 g/mol. The lowest BCUT2D eigenvalue weighted by Gasteiger charge is -2.10. The lowest BCUT2D eigenvalue weighted by molar-refractivity contribution is 0.0860. The Labute approximate surface area is 128 Å². The summed E-state index contributed by atoms with van der Waals surface area (Å²) in [6, 6.07) is 2.07. The van der Waals surface area contributed by atoms with Crippen LogP contribution in [0.2, 0.25) is 0 Å². The van der Waals surface area contributed by atoms with Crippen molar-refractivity contribution in [2.75, 3.05) is 13.2 Å². The topological polar surface area (TPSA) is 51.2 Å². The molecule has 1 amide bonds. The monoisotopic (exact) mass is 304 g/mol. The Bertz CT molecular complexity index is 687. The third kappa shape index (κ3) is 2.80. The summed E-state index contributed by atoms with van der Waals surface area (Å²) in [5.74, 6) is -0.0111. The second-order valence-electron chi connectivity index (χ2n) is 5.66. The van der Waals surface area contributed by atoms with E-state index in [9.17, 15) is 4.79 Å². The number of pyridine rings is 1. The Morgan fingerprint density at radius 3 is 3.00 bits per heavy atom. The van der Waals surface area contributed by atoms with Crippen LogP contribution in [0.5, 0.6) is 0 Å². The molecule has 0 radical (unpaired) electrons. The summed E-state index contributed by atoms with van der Waals surface area (Å²) in [5.41, 5.74) is 3.21. The van der Waals surface area contributed by atoms with Gasteiger partial charge in [0, 0.05) is 24.2 Å². The van der Waals surface area contributed by atoms with Gasteiger partial charge in [-0.2, -0.15) is 0 Å². The van der Waals surface area contributed by atoms with Crippen LogP contribution in [0.25, 0.3) is 10.2 Å². The highest BCUT2D eigenvalue weighted by Gasteiger charge is 2.20. The minimum Gasteiger partial charge on any atom is -0.376 e. The molecule has 3 rings (SSSR count). The Balaban J connectivity index is 1.84. The molecule has 1 fully saturated rings. The number of thiophene rings is 1. The first-order chi connectivity index (χ1) is 10.1. The first-order valence-corrected chi connectivity index (χ1v) is 8.15. The fourth-order valence-electron chi connectivity index (χ4n) is 2.93. The molecule has 0 aliphatic carbocycles. The van der Waals surface area contributed by atoms with Gasteiger partial charge in [0.2, 0.25) is 0 Å². The Morgan fingerprint density at radius 2 is 2.29 bits per heavy atom. The maximum atomic E-state index is 12.4. The van der Waals surface area contributed by atoms with Gasteiger partial charge >= 0.3 is 0 Å². The molecule has 112 valence electrons. The van der Waals surface area contributed by atoms with Gasteiger partial charge in [0.25, 0.3) is 5.91 Å². The molecule has 5 heteroatoms. The van der Waals surface area contributed by atoms with Gasteiger partial charge in [-0.05, 0) is 50.8 Å². The quantitative estimate of drug-likeness (QED) is 0.948. The molecule has 2 aromatic rings. The van der Waals surface area contributed by atoms with E-state index in [0.29, 0.717) is 6.54 Å². The van der Waals surface area contributed by atoms with E-state index in [0.717, 1.165) is 45.8 Å². The van der Waals surface area contributed by atoms with Crippen LogP contribution in [0.3, 0.4) is 0 Å². The molecule has 1 atom stereocenters. The molecular formula is C16H20N2O2S. The van der Waals surface area contributed by atoms with Crippen molar-refractivity contribution in [2.45, 2.75) is 39.7 Å². The van der Waals surface area contributed by atoms with Crippen LogP contribution in [-0.4, -0.2) is 30.1 Å². The van der Waals surface area contributed by atoms with Gasteiger partial charge in [-0.25, -0.2) is 4.98 Å². The zero-order chi connectivity index (χ0) is 15.0. The maximum Gasteiger partial charge on any atom is 0.261 e. The fourth-order valence-corrected chi connectivity index (χ4v) is 4.15. The smallest absolute Gasteiger partial charge is 0.261 e. The Hall–Kier alpha value is -1.46. The molecule has 1 saturated heterocycles. The van der Waals surface area contributed by atoms with E-state index in [1.807, 2.05) is 13.8 Å². The number of amides is 1. The molecule has 0 spiro atoms. The van der Waals surface area contributed by atoms with Crippen LogP contribution < -0.4 is 5.32 Å². The van der Waals surface area contributed by atoms with E-state index in [1.54, 1.807) is 0 Å². The number of fused-ring (bicyclic) bond motifs is 1. The lowest BCUT2D eigenvalue weighted by Crippen LogP contribution is -2.31. The number of aryl methyl sites for hydroxylation is 3. The zero-order valence-corrected chi connectivity index (χ0v) is 13.5. The third-order valence-corrected chi connectivity index (χ3v) is 5.13. The number of carbonyl (C=O) groups is 1. The number of carbonyl (C=O) groups excluding carboxylic acids is 1. The van der Waals surface area contributed by atoms with Crippen molar-refractivity contribution in [3.05, 3.63) is 27.8 Å². The van der Waals surface area contributed by atoms with E-state index >= 15 is 0 Å². The van der Waals surface area contributed by atoms with Crippen molar-refractivity contribution in [1.29, 1.82) is 0 Å². The summed E-state index contributed by atoms with van der Waals surface area (Å²) in [6.45, 7) is 7.47. The second-order valence-corrected chi connectivity index (χ2v) is 6.66. The van der Waals surface area contributed by atoms with Crippen LogP contribution in [-0.2, 0) is 4.74 Å². The van der Waals surface area contributed by atoms with Crippen molar-refractivity contribution < 1.29 is 9.53 Å². The van der Waals surface area contributed by atoms with Crippen LogP contribution in [0.1, 0.15) is 39.3 Å². The minimum atomic E-state index is -0.0111. The highest BCUT2D eigenvalue weighted by molar-refractivity contribution is 7.20. The number of ether oxygens (including phenoxy) is 1.